The summed E-state index contributed by atoms with van der Waals surface area (Å²) in [6.45, 7) is 0.539. The van der Waals surface area contributed by atoms with Crippen LogP contribution in [0, 0.1) is 0 Å². The Bertz CT molecular complexity index is 1260. The quantitative estimate of drug-likeness (QED) is 0.316. The molecule has 2 N–H and O–H groups in total. The molecule has 0 saturated heterocycles. The molecule has 0 unspecified atom stereocenters. The summed E-state index contributed by atoms with van der Waals surface area (Å²) in [6.07, 6.45) is 2.61. The number of anilines is 3. The van der Waals surface area contributed by atoms with E-state index in [1.165, 1.54) is 0 Å². The van der Waals surface area contributed by atoms with Crippen LogP contribution in [0.1, 0.15) is 12.8 Å². The molecule has 0 fully saturated rings. The van der Waals surface area contributed by atoms with Gasteiger partial charge >= 0.3 is 0 Å². The molecule has 0 aliphatic heterocycles. The highest BCUT2D eigenvalue weighted by molar-refractivity contribution is 6.30. The summed E-state index contributed by atoms with van der Waals surface area (Å²) in [7, 11) is 3.55. The van der Waals surface area contributed by atoms with Crippen LogP contribution in [0.15, 0.2) is 60.8 Å². The van der Waals surface area contributed by atoms with E-state index in [2.05, 4.69) is 20.6 Å². The average Bonchev–Trinajstić information content (AvgIpc) is 3.10. The standard InChI is InChI=1S/C24H24ClN5O3/c1-30-21-10-9-18(14-20(21)28-24(30)27-17-7-5-16(25)6-8-17)33-19-11-12-26-22(15-19)29-23(31)4-3-13-32-2/h5-12,14-15H,3-4,13H2,1-2H3,(H,27,28)(H,26,29,31). The first-order valence-corrected chi connectivity index (χ1v) is 10.8. The van der Waals surface area contributed by atoms with Gasteiger partial charge in [-0.25, -0.2) is 9.97 Å². The highest BCUT2D eigenvalue weighted by Crippen LogP contribution is 2.29. The maximum atomic E-state index is 12.0. The van der Waals surface area contributed by atoms with Crippen molar-refractivity contribution < 1.29 is 14.3 Å². The summed E-state index contributed by atoms with van der Waals surface area (Å²) in [5.74, 6) is 2.21. The van der Waals surface area contributed by atoms with Gasteiger partial charge in [0.05, 0.1) is 11.0 Å². The highest BCUT2D eigenvalue weighted by Gasteiger charge is 2.10. The molecule has 2 heterocycles. The van der Waals surface area contributed by atoms with Gasteiger partial charge in [-0.15, -0.1) is 0 Å². The zero-order valence-electron chi connectivity index (χ0n) is 18.3. The van der Waals surface area contributed by atoms with Crippen molar-refractivity contribution in [1.29, 1.82) is 0 Å². The summed E-state index contributed by atoms with van der Waals surface area (Å²) in [4.78, 5) is 20.9. The number of halogens is 1. The molecular weight excluding hydrogens is 442 g/mol. The third-order valence-corrected chi connectivity index (χ3v) is 5.19. The van der Waals surface area contributed by atoms with E-state index in [1.54, 1.807) is 25.4 Å². The third kappa shape index (κ3) is 5.79. The fourth-order valence-corrected chi connectivity index (χ4v) is 3.40. The van der Waals surface area contributed by atoms with Gasteiger partial charge in [-0.2, -0.15) is 0 Å². The van der Waals surface area contributed by atoms with E-state index in [-0.39, 0.29) is 5.91 Å². The molecule has 0 aliphatic carbocycles. The maximum Gasteiger partial charge on any atom is 0.225 e. The minimum absolute atomic E-state index is 0.118. The van der Waals surface area contributed by atoms with Crippen LogP contribution in [0.5, 0.6) is 11.5 Å². The van der Waals surface area contributed by atoms with E-state index in [4.69, 9.17) is 21.1 Å². The molecule has 0 aliphatic rings. The van der Waals surface area contributed by atoms with Gasteiger partial charge in [0, 0.05) is 56.2 Å². The predicted octanol–water partition coefficient (Wildman–Crippen LogP) is 5.52. The smallest absolute Gasteiger partial charge is 0.225 e. The summed E-state index contributed by atoms with van der Waals surface area (Å²) in [5.41, 5.74) is 2.63. The molecule has 170 valence electrons. The minimum atomic E-state index is -0.118. The molecule has 33 heavy (non-hydrogen) atoms. The lowest BCUT2D eigenvalue weighted by Crippen LogP contribution is -2.13. The van der Waals surface area contributed by atoms with Gasteiger partial charge in [0.15, 0.2) is 0 Å². The number of benzene rings is 2. The fraction of sp³-hybridized carbons (Fsp3) is 0.208. The number of nitrogens with one attached hydrogen (secondary N) is 2. The van der Waals surface area contributed by atoms with E-state index in [9.17, 15) is 4.79 Å². The van der Waals surface area contributed by atoms with Crippen molar-refractivity contribution in [3.8, 4) is 11.5 Å². The number of rotatable bonds is 9. The van der Waals surface area contributed by atoms with Crippen LogP contribution in [0.3, 0.4) is 0 Å². The molecule has 0 bridgehead atoms. The lowest BCUT2D eigenvalue weighted by Gasteiger charge is -2.08. The van der Waals surface area contributed by atoms with Crippen molar-refractivity contribution in [2.75, 3.05) is 24.4 Å². The number of amides is 1. The first-order valence-electron chi connectivity index (χ1n) is 10.4. The Labute approximate surface area is 196 Å². The van der Waals surface area contributed by atoms with Crippen molar-refractivity contribution in [2.45, 2.75) is 12.8 Å². The molecular formula is C24H24ClN5O3. The Morgan fingerprint density at radius 3 is 2.67 bits per heavy atom. The van der Waals surface area contributed by atoms with Gasteiger partial charge < -0.3 is 24.7 Å². The van der Waals surface area contributed by atoms with E-state index in [0.29, 0.717) is 47.7 Å². The number of fused-ring (bicyclic) bond motifs is 1. The average molecular weight is 466 g/mol. The van der Waals surface area contributed by atoms with Crippen molar-refractivity contribution in [3.05, 3.63) is 65.8 Å². The van der Waals surface area contributed by atoms with E-state index in [1.807, 2.05) is 54.1 Å². The molecule has 0 radical (unpaired) electrons. The lowest BCUT2D eigenvalue weighted by atomic mass is 10.3. The summed E-state index contributed by atoms with van der Waals surface area (Å²) >= 11 is 5.96. The van der Waals surface area contributed by atoms with Gasteiger partial charge in [0.1, 0.15) is 17.3 Å². The van der Waals surface area contributed by atoms with Crippen molar-refractivity contribution in [2.24, 2.45) is 7.05 Å². The molecule has 2 aromatic heterocycles. The van der Waals surface area contributed by atoms with E-state index in [0.717, 1.165) is 16.7 Å². The van der Waals surface area contributed by atoms with Gasteiger partial charge in [-0.05, 0) is 48.9 Å². The Morgan fingerprint density at radius 1 is 1.09 bits per heavy atom. The molecule has 8 nitrogen and oxygen atoms in total. The predicted molar refractivity (Wildman–Crippen MR) is 129 cm³/mol. The number of pyridine rings is 1. The van der Waals surface area contributed by atoms with Crippen LogP contribution in [0.25, 0.3) is 11.0 Å². The Hall–Kier alpha value is -3.62. The monoisotopic (exact) mass is 465 g/mol. The number of hydrogen-bond acceptors (Lipinski definition) is 6. The number of nitrogens with zero attached hydrogens (tertiary/aromatic N) is 3. The Balaban J connectivity index is 1.47. The first-order chi connectivity index (χ1) is 16.0. The van der Waals surface area contributed by atoms with Crippen LogP contribution in [0.2, 0.25) is 5.02 Å². The molecule has 4 aromatic rings. The molecule has 0 spiro atoms. The Morgan fingerprint density at radius 2 is 1.88 bits per heavy atom. The first kappa shape index (κ1) is 22.6. The fourth-order valence-electron chi connectivity index (χ4n) is 3.28. The normalized spacial score (nSPS) is 10.9. The molecule has 4 rings (SSSR count). The summed E-state index contributed by atoms with van der Waals surface area (Å²) in [5, 5.41) is 6.75. The largest absolute Gasteiger partial charge is 0.457 e. The molecule has 9 heteroatoms. The van der Waals surface area contributed by atoms with Gasteiger partial charge in [-0.3, -0.25) is 4.79 Å². The van der Waals surface area contributed by atoms with Gasteiger partial charge in [0.25, 0.3) is 0 Å². The van der Waals surface area contributed by atoms with Crippen LogP contribution in [-0.2, 0) is 16.6 Å². The molecule has 0 saturated carbocycles. The number of aryl methyl sites for hydroxylation is 1. The number of ether oxygens (including phenoxy) is 2. The van der Waals surface area contributed by atoms with Crippen LogP contribution < -0.4 is 15.4 Å². The highest BCUT2D eigenvalue weighted by atomic mass is 35.5. The summed E-state index contributed by atoms with van der Waals surface area (Å²) < 4.78 is 12.9. The number of methoxy groups -OCH3 is 1. The topological polar surface area (TPSA) is 90.3 Å². The second-order valence-electron chi connectivity index (χ2n) is 7.40. The number of imidazole rings is 1. The number of aromatic nitrogens is 3. The van der Waals surface area contributed by atoms with Gasteiger partial charge in [-0.1, -0.05) is 11.6 Å². The third-order valence-electron chi connectivity index (χ3n) is 4.94. The zero-order valence-corrected chi connectivity index (χ0v) is 19.1. The van der Waals surface area contributed by atoms with Crippen molar-refractivity contribution >= 4 is 46.0 Å². The molecule has 1 amide bonds. The SMILES string of the molecule is COCCCC(=O)Nc1cc(Oc2ccc3c(c2)nc(Nc2ccc(Cl)cc2)n3C)ccn1. The van der Waals surface area contributed by atoms with E-state index < -0.39 is 0 Å². The number of hydrogen-bond donors (Lipinski definition) is 2. The number of carbonyl (C=O) groups is 1. The van der Waals surface area contributed by atoms with Crippen LogP contribution in [0.4, 0.5) is 17.5 Å². The second kappa shape index (κ2) is 10.3. The minimum Gasteiger partial charge on any atom is -0.457 e. The van der Waals surface area contributed by atoms with Gasteiger partial charge in [0.2, 0.25) is 11.9 Å². The maximum absolute atomic E-state index is 12.0. The van der Waals surface area contributed by atoms with Crippen molar-refractivity contribution in [1.82, 2.24) is 14.5 Å². The van der Waals surface area contributed by atoms with Crippen LogP contribution >= 0.6 is 11.6 Å². The zero-order chi connectivity index (χ0) is 23.2. The number of carbonyl (C=O) groups excluding carboxylic acids is 1. The molecule has 0 atom stereocenters. The lowest BCUT2D eigenvalue weighted by molar-refractivity contribution is -0.116. The molecule has 2 aromatic carbocycles. The second-order valence-corrected chi connectivity index (χ2v) is 7.84. The van der Waals surface area contributed by atoms with E-state index >= 15 is 0 Å². The Kier molecular flexibility index (Phi) is 7.07. The summed E-state index contributed by atoms with van der Waals surface area (Å²) in [6, 6.07) is 16.5. The van der Waals surface area contributed by atoms with Crippen LogP contribution in [-0.4, -0.2) is 34.2 Å². The van der Waals surface area contributed by atoms with Crippen molar-refractivity contribution in [3.63, 3.8) is 0 Å².